The maximum Gasteiger partial charge on any atom is 0.230 e. The van der Waals surface area contributed by atoms with E-state index in [0.717, 1.165) is 24.4 Å². The number of rotatable bonds is 4. The van der Waals surface area contributed by atoms with Gasteiger partial charge in [0.1, 0.15) is 0 Å². The SMILES string of the molecule is Cc1ccc(SCC(=O)NC2CCNCC2C)cc1. The maximum atomic E-state index is 11.9. The van der Waals surface area contributed by atoms with Gasteiger partial charge in [-0.2, -0.15) is 0 Å². The first-order valence-corrected chi connectivity index (χ1v) is 7.83. The predicted molar refractivity (Wildman–Crippen MR) is 80.5 cm³/mol. The molecule has 0 radical (unpaired) electrons. The van der Waals surface area contributed by atoms with Crippen molar-refractivity contribution in [3.8, 4) is 0 Å². The average Bonchev–Trinajstić information content (AvgIpc) is 2.41. The summed E-state index contributed by atoms with van der Waals surface area (Å²) in [4.78, 5) is 13.1. The minimum Gasteiger partial charge on any atom is -0.352 e. The van der Waals surface area contributed by atoms with Crippen LogP contribution >= 0.6 is 11.8 Å². The van der Waals surface area contributed by atoms with Crippen LogP contribution in [-0.2, 0) is 4.79 Å². The van der Waals surface area contributed by atoms with E-state index in [9.17, 15) is 4.79 Å². The van der Waals surface area contributed by atoms with E-state index in [2.05, 4.69) is 48.7 Å². The van der Waals surface area contributed by atoms with Crippen molar-refractivity contribution in [3.63, 3.8) is 0 Å². The van der Waals surface area contributed by atoms with Gasteiger partial charge in [-0.3, -0.25) is 4.79 Å². The minimum atomic E-state index is 0.143. The summed E-state index contributed by atoms with van der Waals surface area (Å²) in [6, 6.07) is 8.62. The van der Waals surface area contributed by atoms with Crippen LogP contribution in [0.2, 0.25) is 0 Å². The second-order valence-corrected chi connectivity index (χ2v) is 6.29. The van der Waals surface area contributed by atoms with Crippen molar-refractivity contribution < 1.29 is 4.79 Å². The molecule has 0 saturated carbocycles. The highest BCUT2D eigenvalue weighted by molar-refractivity contribution is 8.00. The summed E-state index contributed by atoms with van der Waals surface area (Å²) in [5.41, 5.74) is 1.25. The van der Waals surface area contributed by atoms with Crippen molar-refractivity contribution in [1.82, 2.24) is 10.6 Å². The van der Waals surface area contributed by atoms with Crippen LogP contribution in [-0.4, -0.2) is 30.8 Å². The Kier molecular flexibility index (Phi) is 5.28. The van der Waals surface area contributed by atoms with Gasteiger partial charge in [0.15, 0.2) is 0 Å². The molecule has 1 amide bonds. The number of hydrogen-bond acceptors (Lipinski definition) is 3. The van der Waals surface area contributed by atoms with Crippen molar-refractivity contribution in [2.24, 2.45) is 5.92 Å². The third-order valence-electron chi connectivity index (χ3n) is 3.52. The van der Waals surface area contributed by atoms with E-state index in [0.29, 0.717) is 17.7 Å². The number of carbonyl (C=O) groups excluding carboxylic acids is 1. The van der Waals surface area contributed by atoms with E-state index >= 15 is 0 Å². The highest BCUT2D eigenvalue weighted by atomic mass is 32.2. The monoisotopic (exact) mass is 278 g/mol. The molecule has 1 saturated heterocycles. The molecule has 0 spiro atoms. The first kappa shape index (κ1) is 14.4. The zero-order chi connectivity index (χ0) is 13.7. The van der Waals surface area contributed by atoms with E-state index in [1.807, 2.05) is 0 Å². The normalized spacial score (nSPS) is 23.1. The molecule has 1 aromatic carbocycles. The molecule has 0 aromatic heterocycles. The van der Waals surface area contributed by atoms with Crippen molar-refractivity contribution in [1.29, 1.82) is 0 Å². The van der Waals surface area contributed by atoms with Gasteiger partial charge in [-0.25, -0.2) is 0 Å². The summed E-state index contributed by atoms with van der Waals surface area (Å²) in [7, 11) is 0. The predicted octanol–water partition coefficient (Wildman–Crippen LogP) is 2.20. The van der Waals surface area contributed by atoms with E-state index in [1.54, 1.807) is 11.8 Å². The molecule has 2 rings (SSSR count). The van der Waals surface area contributed by atoms with Crippen molar-refractivity contribution in [2.75, 3.05) is 18.8 Å². The van der Waals surface area contributed by atoms with Crippen LogP contribution in [0, 0.1) is 12.8 Å². The van der Waals surface area contributed by atoms with Gasteiger partial charge >= 0.3 is 0 Å². The molecule has 1 aliphatic heterocycles. The Morgan fingerprint density at radius 3 is 2.84 bits per heavy atom. The number of aryl methyl sites for hydroxylation is 1. The zero-order valence-electron chi connectivity index (χ0n) is 11.6. The zero-order valence-corrected chi connectivity index (χ0v) is 12.4. The summed E-state index contributed by atoms with van der Waals surface area (Å²) >= 11 is 1.60. The van der Waals surface area contributed by atoms with Crippen molar-refractivity contribution >= 4 is 17.7 Å². The lowest BCUT2D eigenvalue weighted by molar-refractivity contribution is -0.119. The van der Waals surface area contributed by atoms with Crippen molar-refractivity contribution in [3.05, 3.63) is 29.8 Å². The lowest BCUT2D eigenvalue weighted by atomic mass is 9.95. The largest absolute Gasteiger partial charge is 0.352 e. The van der Waals surface area contributed by atoms with Gasteiger partial charge in [0.25, 0.3) is 0 Å². The molecular weight excluding hydrogens is 256 g/mol. The average molecular weight is 278 g/mol. The van der Waals surface area contributed by atoms with E-state index in [4.69, 9.17) is 0 Å². The fourth-order valence-electron chi connectivity index (χ4n) is 2.26. The summed E-state index contributed by atoms with van der Waals surface area (Å²) in [6.07, 6.45) is 1.03. The molecule has 2 N–H and O–H groups in total. The van der Waals surface area contributed by atoms with Crippen LogP contribution in [0.1, 0.15) is 18.9 Å². The molecule has 2 atom stereocenters. The first-order chi connectivity index (χ1) is 9.15. The smallest absolute Gasteiger partial charge is 0.230 e. The molecule has 4 heteroatoms. The Morgan fingerprint density at radius 1 is 1.42 bits per heavy atom. The molecule has 19 heavy (non-hydrogen) atoms. The summed E-state index contributed by atoms with van der Waals surface area (Å²) in [6.45, 7) is 6.25. The van der Waals surface area contributed by atoms with Gasteiger partial charge in [0, 0.05) is 10.9 Å². The lowest BCUT2D eigenvalue weighted by Crippen LogP contribution is -2.48. The molecule has 0 aliphatic carbocycles. The Bertz CT molecular complexity index is 419. The first-order valence-electron chi connectivity index (χ1n) is 6.84. The van der Waals surface area contributed by atoms with E-state index < -0.39 is 0 Å². The highest BCUT2D eigenvalue weighted by Crippen LogP contribution is 2.18. The number of hydrogen-bond donors (Lipinski definition) is 2. The molecule has 1 fully saturated rings. The standard InChI is InChI=1S/C15H22N2OS/c1-11-3-5-13(6-4-11)19-10-15(18)17-14-7-8-16-9-12(14)2/h3-6,12,14,16H,7-10H2,1-2H3,(H,17,18). The van der Waals surface area contributed by atoms with Crippen molar-refractivity contribution in [2.45, 2.75) is 31.2 Å². The van der Waals surface area contributed by atoms with E-state index in [-0.39, 0.29) is 5.91 Å². The number of amides is 1. The Hall–Kier alpha value is -1.00. The summed E-state index contributed by atoms with van der Waals surface area (Å²) in [5, 5.41) is 6.49. The Morgan fingerprint density at radius 2 is 2.16 bits per heavy atom. The molecule has 1 aliphatic rings. The Balaban J connectivity index is 1.76. The van der Waals surface area contributed by atoms with Crippen LogP contribution in [0.15, 0.2) is 29.2 Å². The molecule has 0 bridgehead atoms. The van der Waals surface area contributed by atoms with Gasteiger partial charge < -0.3 is 10.6 Å². The number of carbonyl (C=O) groups is 1. The van der Waals surface area contributed by atoms with Gasteiger partial charge in [0.05, 0.1) is 5.75 Å². The number of thioether (sulfide) groups is 1. The maximum absolute atomic E-state index is 11.9. The van der Waals surface area contributed by atoms with Crippen LogP contribution < -0.4 is 10.6 Å². The van der Waals surface area contributed by atoms with Gasteiger partial charge in [0.2, 0.25) is 5.91 Å². The minimum absolute atomic E-state index is 0.143. The van der Waals surface area contributed by atoms with Crippen LogP contribution in [0.25, 0.3) is 0 Å². The second-order valence-electron chi connectivity index (χ2n) is 5.25. The number of piperidine rings is 1. The third-order valence-corrected chi connectivity index (χ3v) is 4.53. The lowest BCUT2D eigenvalue weighted by Gasteiger charge is -2.30. The van der Waals surface area contributed by atoms with E-state index in [1.165, 1.54) is 5.56 Å². The van der Waals surface area contributed by atoms with Crippen LogP contribution in [0.4, 0.5) is 0 Å². The van der Waals surface area contributed by atoms with Crippen LogP contribution in [0.5, 0.6) is 0 Å². The molecule has 1 aromatic rings. The molecule has 2 unspecified atom stereocenters. The summed E-state index contributed by atoms with van der Waals surface area (Å²) in [5.74, 6) is 1.16. The van der Waals surface area contributed by atoms with Gasteiger partial charge in [-0.05, 0) is 44.5 Å². The second kappa shape index (κ2) is 6.96. The highest BCUT2D eigenvalue weighted by Gasteiger charge is 2.22. The molecule has 104 valence electrons. The number of nitrogens with one attached hydrogen (secondary N) is 2. The Labute approximate surface area is 119 Å². The fraction of sp³-hybridized carbons (Fsp3) is 0.533. The topological polar surface area (TPSA) is 41.1 Å². The quantitative estimate of drug-likeness (QED) is 0.830. The number of benzene rings is 1. The molecular formula is C15H22N2OS. The third kappa shape index (κ3) is 4.55. The molecule has 3 nitrogen and oxygen atoms in total. The fourth-order valence-corrected chi connectivity index (χ4v) is 2.97. The van der Waals surface area contributed by atoms with Crippen LogP contribution in [0.3, 0.4) is 0 Å². The van der Waals surface area contributed by atoms with Gasteiger partial charge in [-0.1, -0.05) is 24.6 Å². The molecule has 1 heterocycles. The van der Waals surface area contributed by atoms with Gasteiger partial charge in [-0.15, -0.1) is 11.8 Å². The summed E-state index contributed by atoms with van der Waals surface area (Å²) < 4.78 is 0.